The van der Waals surface area contributed by atoms with E-state index in [1.807, 2.05) is 30.3 Å². The summed E-state index contributed by atoms with van der Waals surface area (Å²) in [5.41, 5.74) is 9.04. The average Bonchev–Trinajstić information content (AvgIpc) is 2.76. The second-order valence-electron chi connectivity index (χ2n) is 4.08. The van der Waals surface area contributed by atoms with Gasteiger partial charge in [-0.2, -0.15) is 0 Å². The van der Waals surface area contributed by atoms with Gasteiger partial charge in [0.25, 0.3) is 0 Å². The predicted molar refractivity (Wildman–Crippen MR) is 86.4 cm³/mol. The highest BCUT2D eigenvalue weighted by atomic mass is 79.9. The van der Waals surface area contributed by atoms with Crippen LogP contribution in [0.4, 0.5) is 5.69 Å². The van der Waals surface area contributed by atoms with E-state index in [0.29, 0.717) is 16.5 Å². The van der Waals surface area contributed by atoms with Crippen molar-refractivity contribution in [2.45, 2.75) is 0 Å². The molecule has 0 saturated carbocycles. The molecule has 19 heavy (non-hydrogen) atoms. The average molecular weight is 401 g/mol. The van der Waals surface area contributed by atoms with Crippen LogP contribution < -0.4 is 5.73 Å². The zero-order chi connectivity index (χ0) is 13.6. The molecular formula is C13H8Br2ClN3. The van der Waals surface area contributed by atoms with Crippen LogP contribution in [-0.4, -0.2) is 9.97 Å². The maximum Gasteiger partial charge on any atom is 0.140 e. The monoisotopic (exact) mass is 399 g/mol. The summed E-state index contributed by atoms with van der Waals surface area (Å²) in [5.74, 6) is 0.700. The summed E-state index contributed by atoms with van der Waals surface area (Å²) in [6.07, 6.45) is 0. The number of aromatic nitrogens is 2. The molecule has 0 amide bonds. The van der Waals surface area contributed by atoms with Crippen molar-refractivity contribution in [1.29, 1.82) is 0 Å². The molecule has 3 rings (SSSR count). The van der Waals surface area contributed by atoms with E-state index in [1.54, 1.807) is 0 Å². The summed E-state index contributed by atoms with van der Waals surface area (Å²) in [5, 5.41) is 0.624. The molecule has 0 fully saturated rings. The number of anilines is 1. The highest BCUT2D eigenvalue weighted by molar-refractivity contribution is 9.10. The van der Waals surface area contributed by atoms with Crippen LogP contribution in [0.15, 0.2) is 39.3 Å². The van der Waals surface area contributed by atoms with Crippen molar-refractivity contribution in [3.05, 3.63) is 44.3 Å². The zero-order valence-electron chi connectivity index (χ0n) is 9.55. The highest BCUT2D eigenvalue weighted by Crippen LogP contribution is 2.34. The lowest BCUT2D eigenvalue weighted by Gasteiger charge is -2.01. The van der Waals surface area contributed by atoms with Gasteiger partial charge in [-0.05, 0) is 40.2 Å². The quantitative estimate of drug-likeness (QED) is 0.565. The number of fused-ring (bicyclic) bond motifs is 1. The molecule has 0 saturated heterocycles. The van der Waals surface area contributed by atoms with Crippen molar-refractivity contribution in [3.63, 3.8) is 0 Å². The maximum atomic E-state index is 6.28. The number of nitrogens with two attached hydrogens (primary N) is 1. The highest BCUT2D eigenvalue weighted by Gasteiger charge is 2.12. The first-order valence-corrected chi connectivity index (χ1v) is 7.42. The molecule has 1 aromatic heterocycles. The number of H-pyrrole nitrogens is 1. The van der Waals surface area contributed by atoms with Crippen LogP contribution in [0.5, 0.6) is 0 Å². The molecule has 1 heterocycles. The van der Waals surface area contributed by atoms with Crippen LogP contribution in [0.2, 0.25) is 5.02 Å². The third-order valence-corrected chi connectivity index (χ3v) is 4.54. The number of nitrogens with one attached hydrogen (secondary N) is 1. The second kappa shape index (κ2) is 4.81. The summed E-state index contributed by atoms with van der Waals surface area (Å²) >= 11 is 13.1. The van der Waals surface area contributed by atoms with Gasteiger partial charge in [-0.25, -0.2) is 4.98 Å². The van der Waals surface area contributed by atoms with Gasteiger partial charge in [-0.3, -0.25) is 0 Å². The normalized spacial score (nSPS) is 11.1. The molecule has 0 spiro atoms. The van der Waals surface area contributed by atoms with Crippen LogP contribution in [-0.2, 0) is 0 Å². The van der Waals surface area contributed by atoms with Gasteiger partial charge < -0.3 is 10.7 Å². The molecule has 0 aliphatic rings. The van der Waals surface area contributed by atoms with E-state index in [-0.39, 0.29) is 0 Å². The van der Waals surface area contributed by atoms with E-state index in [1.165, 1.54) is 0 Å². The molecule has 0 bridgehead atoms. The van der Waals surface area contributed by atoms with Crippen molar-refractivity contribution in [2.75, 3.05) is 5.73 Å². The first-order valence-electron chi connectivity index (χ1n) is 5.45. The van der Waals surface area contributed by atoms with Crippen molar-refractivity contribution in [3.8, 4) is 11.4 Å². The number of halogens is 3. The van der Waals surface area contributed by atoms with E-state index >= 15 is 0 Å². The Morgan fingerprint density at radius 1 is 1.21 bits per heavy atom. The van der Waals surface area contributed by atoms with Gasteiger partial charge in [-0.15, -0.1) is 0 Å². The molecule has 96 valence electrons. The zero-order valence-corrected chi connectivity index (χ0v) is 13.5. The number of benzene rings is 2. The largest absolute Gasteiger partial charge is 0.397 e. The fraction of sp³-hybridized carbons (Fsp3) is 0. The molecule has 0 atom stereocenters. The van der Waals surface area contributed by atoms with E-state index in [4.69, 9.17) is 17.3 Å². The van der Waals surface area contributed by atoms with E-state index in [9.17, 15) is 0 Å². The number of rotatable bonds is 1. The Kier molecular flexibility index (Phi) is 3.28. The summed E-state index contributed by atoms with van der Waals surface area (Å²) in [7, 11) is 0. The fourth-order valence-electron chi connectivity index (χ4n) is 1.92. The van der Waals surface area contributed by atoms with Gasteiger partial charge in [-0.1, -0.05) is 33.6 Å². The van der Waals surface area contributed by atoms with Crippen LogP contribution >= 0.6 is 43.5 Å². The lowest BCUT2D eigenvalue weighted by atomic mass is 10.2. The Labute approximate surface area is 131 Å². The Balaban J connectivity index is 2.26. The van der Waals surface area contributed by atoms with Crippen LogP contribution in [0.25, 0.3) is 22.4 Å². The van der Waals surface area contributed by atoms with Crippen molar-refractivity contribution < 1.29 is 0 Å². The minimum absolute atomic E-state index is 0.623. The lowest BCUT2D eigenvalue weighted by Crippen LogP contribution is -1.86. The molecule has 3 aromatic rings. The minimum Gasteiger partial charge on any atom is -0.397 e. The number of hydrogen-bond acceptors (Lipinski definition) is 2. The Morgan fingerprint density at radius 3 is 2.79 bits per heavy atom. The van der Waals surface area contributed by atoms with Crippen molar-refractivity contribution in [1.82, 2.24) is 9.97 Å². The van der Waals surface area contributed by atoms with Gasteiger partial charge in [0.15, 0.2) is 0 Å². The summed E-state index contributed by atoms with van der Waals surface area (Å²) in [6.45, 7) is 0. The van der Waals surface area contributed by atoms with E-state index < -0.39 is 0 Å². The number of hydrogen-bond donors (Lipinski definition) is 2. The van der Waals surface area contributed by atoms with E-state index in [0.717, 1.165) is 25.5 Å². The first-order chi connectivity index (χ1) is 9.06. The smallest absolute Gasteiger partial charge is 0.140 e. The Hall–Kier alpha value is -1.04. The Bertz CT molecular complexity index is 783. The number of imidazole rings is 1. The fourth-order valence-corrected chi connectivity index (χ4v) is 2.98. The third kappa shape index (κ3) is 2.26. The number of aromatic amines is 1. The standard InChI is InChI=1S/C13H8Br2ClN3/c14-6-4-9(17)12-10(5-6)18-13(19-12)7-2-1-3-8(15)11(7)16/h1-5H,17H2,(H,18,19). The molecule has 2 aromatic carbocycles. The lowest BCUT2D eigenvalue weighted by molar-refractivity contribution is 1.33. The third-order valence-electron chi connectivity index (χ3n) is 2.79. The van der Waals surface area contributed by atoms with Gasteiger partial charge in [0, 0.05) is 14.5 Å². The molecule has 0 aliphatic heterocycles. The molecule has 0 aliphatic carbocycles. The van der Waals surface area contributed by atoms with Gasteiger partial charge in [0.2, 0.25) is 0 Å². The summed E-state index contributed by atoms with van der Waals surface area (Å²) < 4.78 is 1.74. The summed E-state index contributed by atoms with van der Waals surface area (Å²) in [4.78, 5) is 7.75. The molecule has 3 N–H and O–H groups in total. The summed E-state index contributed by atoms with van der Waals surface area (Å²) in [6, 6.07) is 9.48. The topological polar surface area (TPSA) is 54.7 Å². The van der Waals surface area contributed by atoms with E-state index in [2.05, 4.69) is 41.8 Å². The first kappa shape index (κ1) is 13.0. The molecule has 6 heteroatoms. The Morgan fingerprint density at radius 2 is 2.00 bits per heavy atom. The van der Waals surface area contributed by atoms with Crippen LogP contribution in [0.1, 0.15) is 0 Å². The SMILES string of the molecule is Nc1cc(Br)cc2[nH]c(-c3cccc(Br)c3Cl)nc12. The van der Waals surface area contributed by atoms with Crippen molar-refractivity contribution in [2.24, 2.45) is 0 Å². The second-order valence-corrected chi connectivity index (χ2v) is 6.23. The minimum atomic E-state index is 0.623. The molecule has 0 unspecified atom stereocenters. The van der Waals surface area contributed by atoms with Gasteiger partial charge >= 0.3 is 0 Å². The van der Waals surface area contributed by atoms with Crippen LogP contribution in [0, 0.1) is 0 Å². The maximum absolute atomic E-state index is 6.28. The molecule has 0 radical (unpaired) electrons. The number of nitrogens with zero attached hydrogens (tertiary/aromatic N) is 1. The van der Waals surface area contributed by atoms with Crippen molar-refractivity contribution >= 4 is 60.2 Å². The van der Waals surface area contributed by atoms with Gasteiger partial charge in [0.1, 0.15) is 11.3 Å². The molecule has 3 nitrogen and oxygen atoms in total. The molecular weight excluding hydrogens is 393 g/mol. The van der Waals surface area contributed by atoms with Gasteiger partial charge in [0.05, 0.1) is 16.2 Å². The number of nitrogen functional groups attached to an aromatic ring is 1. The van der Waals surface area contributed by atoms with Crippen LogP contribution in [0.3, 0.4) is 0 Å². The predicted octanol–water partition coefficient (Wildman–Crippen LogP) is 4.99.